The summed E-state index contributed by atoms with van der Waals surface area (Å²) in [6, 6.07) is 6.12. The summed E-state index contributed by atoms with van der Waals surface area (Å²) in [5, 5.41) is 10.3. The average molecular weight is 204 g/mol. The molecule has 1 aromatic carbocycles. The van der Waals surface area contributed by atoms with Crippen molar-refractivity contribution in [1.82, 2.24) is 0 Å². The molecule has 0 fully saturated rings. The van der Waals surface area contributed by atoms with Crippen LogP contribution in [0.15, 0.2) is 22.6 Å². The molecule has 1 heterocycles. The van der Waals surface area contributed by atoms with E-state index in [1.54, 1.807) is 0 Å². The molecule has 1 atom stereocenters. The Morgan fingerprint density at radius 3 is 2.73 bits per heavy atom. The molecule has 2 aromatic rings. The lowest BCUT2D eigenvalue weighted by Crippen LogP contribution is -1.98. The van der Waals surface area contributed by atoms with Crippen LogP contribution >= 0.6 is 0 Å². The van der Waals surface area contributed by atoms with E-state index in [1.165, 1.54) is 5.56 Å². The highest BCUT2D eigenvalue weighted by Gasteiger charge is 2.10. The first kappa shape index (κ1) is 10.2. The lowest BCUT2D eigenvalue weighted by atomic mass is 9.99. The number of furan rings is 1. The van der Waals surface area contributed by atoms with Crippen LogP contribution in [0.4, 0.5) is 0 Å². The Labute approximate surface area is 89.5 Å². The number of aryl methyl sites for hydroxylation is 2. The standard InChI is InChI=1S/C13H16O2/c1-8(7-14)11-4-5-13-12(6-11)9(2)10(3)15-13/h4-6,8,14H,7H2,1-3H3. The van der Waals surface area contributed by atoms with Gasteiger partial charge in [0, 0.05) is 17.9 Å². The van der Waals surface area contributed by atoms with Crippen molar-refractivity contribution in [3.63, 3.8) is 0 Å². The summed E-state index contributed by atoms with van der Waals surface area (Å²) in [6.45, 7) is 6.24. The summed E-state index contributed by atoms with van der Waals surface area (Å²) in [7, 11) is 0. The first-order valence-electron chi connectivity index (χ1n) is 5.24. The molecule has 2 nitrogen and oxygen atoms in total. The SMILES string of the molecule is Cc1oc2ccc(C(C)CO)cc2c1C. The second-order valence-electron chi connectivity index (χ2n) is 4.12. The topological polar surface area (TPSA) is 33.4 Å². The molecular weight excluding hydrogens is 188 g/mol. The average Bonchev–Trinajstić information content (AvgIpc) is 2.54. The van der Waals surface area contributed by atoms with E-state index < -0.39 is 0 Å². The van der Waals surface area contributed by atoms with E-state index in [4.69, 9.17) is 9.52 Å². The van der Waals surface area contributed by atoms with Gasteiger partial charge in [0.15, 0.2) is 0 Å². The maximum absolute atomic E-state index is 9.11. The summed E-state index contributed by atoms with van der Waals surface area (Å²) in [6.07, 6.45) is 0. The van der Waals surface area contributed by atoms with Gasteiger partial charge in [-0.25, -0.2) is 0 Å². The highest BCUT2D eigenvalue weighted by Crippen LogP contribution is 2.27. The Morgan fingerprint density at radius 1 is 1.33 bits per heavy atom. The van der Waals surface area contributed by atoms with Crippen molar-refractivity contribution in [1.29, 1.82) is 0 Å². The predicted octanol–water partition coefficient (Wildman–Crippen LogP) is 3.15. The summed E-state index contributed by atoms with van der Waals surface area (Å²) in [5.41, 5.74) is 3.28. The van der Waals surface area contributed by atoms with Crippen molar-refractivity contribution in [3.8, 4) is 0 Å². The predicted molar refractivity (Wildman–Crippen MR) is 61.2 cm³/mol. The van der Waals surface area contributed by atoms with Gasteiger partial charge in [-0.2, -0.15) is 0 Å². The first-order chi connectivity index (χ1) is 7.13. The van der Waals surface area contributed by atoms with Gasteiger partial charge in [-0.1, -0.05) is 13.0 Å². The Morgan fingerprint density at radius 2 is 2.07 bits per heavy atom. The van der Waals surface area contributed by atoms with Crippen LogP contribution in [0.3, 0.4) is 0 Å². The number of benzene rings is 1. The molecule has 0 radical (unpaired) electrons. The summed E-state index contributed by atoms with van der Waals surface area (Å²) in [5.74, 6) is 1.16. The summed E-state index contributed by atoms with van der Waals surface area (Å²) < 4.78 is 5.60. The smallest absolute Gasteiger partial charge is 0.134 e. The second-order valence-corrected chi connectivity index (χ2v) is 4.12. The molecule has 0 spiro atoms. The van der Waals surface area contributed by atoms with Gasteiger partial charge >= 0.3 is 0 Å². The fourth-order valence-electron chi connectivity index (χ4n) is 1.77. The third-order valence-corrected chi connectivity index (χ3v) is 3.04. The van der Waals surface area contributed by atoms with Crippen molar-refractivity contribution in [2.45, 2.75) is 26.7 Å². The molecule has 0 aliphatic heterocycles. The second kappa shape index (κ2) is 3.70. The van der Waals surface area contributed by atoms with E-state index in [-0.39, 0.29) is 12.5 Å². The molecule has 1 N–H and O–H groups in total. The highest BCUT2D eigenvalue weighted by atomic mass is 16.3. The Kier molecular flexibility index (Phi) is 2.53. The van der Waals surface area contributed by atoms with E-state index in [0.29, 0.717) is 0 Å². The third kappa shape index (κ3) is 1.65. The maximum atomic E-state index is 9.11. The molecule has 0 saturated carbocycles. The fraction of sp³-hybridized carbons (Fsp3) is 0.385. The number of aliphatic hydroxyl groups is 1. The molecule has 2 rings (SSSR count). The van der Waals surface area contributed by atoms with Gasteiger partial charge in [-0.05, 0) is 37.1 Å². The minimum Gasteiger partial charge on any atom is -0.461 e. The molecule has 1 unspecified atom stereocenters. The molecule has 80 valence electrons. The van der Waals surface area contributed by atoms with Crippen LogP contribution in [-0.4, -0.2) is 11.7 Å². The van der Waals surface area contributed by atoms with Crippen LogP contribution in [0, 0.1) is 13.8 Å². The van der Waals surface area contributed by atoms with Crippen LogP contribution in [0.2, 0.25) is 0 Å². The lowest BCUT2D eigenvalue weighted by molar-refractivity contribution is 0.273. The Hall–Kier alpha value is -1.28. The highest BCUT2D eigenvalue weighted by molar-refractivity contribution is 5.82. The maximum Gasteiger partial charge on any atom is 0.134 e. The number of hydrogen-bond acceptors (Lipinski definition) is 2. The molecule has 0 amide bonds. The van der Waals surface area contributed by atoms with E-state index in [0.717, 1.165) is 22.3 Å². The van der Waals surface area contributed by atoms with Crippen LogP contribution in [0.5, 0.6) is 0 Å². The van der Waals surface area contributed by atoms with Crippen molar-refractivity contribution < 1.29 is 9.52 Å². The van der Waals surface area contributed by atoms with Crippen LogP contribution in [-0.2, 0) is 0 Å². The molecule has 0 aliphatic rings. The van der Waals surface area contributed by atoms with E-state index >= 15 is 0 Å². The fourth-order valence-corrected chi connectivity index (χ4v) is 1.77. The zero-order chi connectivity index (χ0) is 11.0. The van der Waals surface area contributed by atoms with E-state index in [1.807, 2.05) is 26.0 Å². The molecular formula is C13H16O2. The minimum absolute atomic E-state index is 0.182. The van der Waals surface area contributed by atoms with Gasteiger partial charge in [0.2, 0.25) is 0 Å². The van der Waals surface area contributed by atoms with Gasteiger partial charge in [0.05, 0.1) is 0 Å². The van der Waals surface area contributed by atoms with Crippen molar-refractivity contribution in [3.05, 3.63) is 35.1 Å². The Balaban J connectivity index is 2.59. The van der Waals surface area contributed by atoms with Crippen molar-refractivity contribution in [2.75, 3.05) is 6.61 Å². The van der Waals surface area contributed by atoms with Crippen LogP contribution in [0.1, 0.15) is 29.7 Å². The summed E-state index contributed by atoms with van der Waals surface area (Å²) in [4.78, 5) is 0. The number of rotatable bonds is 2. The molecule has 1 aromatic heterocycles. The monoisotopic (exact) mass is 204 g/mol. The minimum atomic E-state index is 0.182. The number of aliphatic hydroxyl groups excluding tert-OH is 1. The van der Waals surface area contributed by atoms with Crippen LogP contribution < -0.4 is 0 Å². The van der Waals surface area contributed by atoms with Crippen molar-refractivity contribution in [2.24, 2.45) is 0 Å². The van der Waals surface area contributed by atoms with Gasteiger partial charge < -0.3 is 9.52 Å². The van der Waals surface area contributed by atoms with Gasteiger partial charge in [0.25, 0.3) is 0 Å². The number of hydrogen-bond donors (Lipinski definition) is 1. The number of fused-ring (bicyclic) bond motifs is 1. The third-order valence-electron chi connectivity index (χ3n) is 3.04. The first-order valence-corrected chi connectivity index (χ1v) is 5.24. The van der Waals surface area contributed by atoms with E-state index in [9.17, 15) is 0 Å². The Bertz CT molecular complexity index is 482. The zero-order valence-corrected chi connectivity index (χ0v) is 9.37. The van der Waals surface area contributed by atoms with Gasteiger partial charge in [0.1, 0.15) is 11.3 Å². The normalized spacial score (nSPS) is 13.3. The quantitative estimate of drug-likeness (QED) is 0.815. The molecule has 0 bridgehead atoms. The lowest BCUT2D eigenvalue weighted by Gasteiger charge is -2.07. The molecule has 15 heavy (non-hydrogen) atoms. The summed E-state index contributed by atoms with van der Waals surface area (Å²) >= 11 is 0. The zero-order valence-electron chi connectivity index (χ0n) is 9.37. The molecule has 0 aliphatic carbocycles. The van der Waals surface area contributed by atoms with Crippen LogP contribution in [0.25, 0.3) is 11.0 Å². The van der Waals surface area contributed by atoms with Gasteiger partial charge in [-0.15, -0.1) is 0 Å². The molecule has 0 saturated heterocycles. The van der Waals surface area contributed by atoms with Gasteiger partial charge in [-0.3, -0.25) is 0 Å². The van der Waals surface area contributed by atoms with Crippen molar-refractivity contribution >= 4 is 11.0 Å². The largest absolute Gasteiger partial charge is 0.461 e. The molecule has 2 heteroatoms. The van der Waals surface area contributed by atoms with E-state index in [2.05, 4.69) is 13.0 Å².